The van der Waals surface area contributed by atoms with Gasteiger partial charge in [-0.25, -0.2) is 9.98 Å². The molecule has 2 heterocycles. The van der Waals surface area contributed by atoms with Gasteiger partial charge in [-0.3, -0.25) is 9.69 Å². The third kappa shape index (κ3) is 4.60. The van der Waals surface area contributed by atoms with Crippen molar-refractivity contribution in [1.82, 2.24) is 9.88 Å². The van der Waals surface area contributed by atoms with Crippen molar-refractivity contribution in [2.45, 2.75) is 5.54 Å². The van der Waals surface area contributed by atoms with Crippen LogP contribution in [0.15, 0.2) is 71.9 Å². The number of halogens is 1. The normalized spacial score (nSPS) is 18.0. The van der Waals surface area contributed by atoms with Gasteiger partial charge in [-0.05, 0) is 47.0 Å². The van der Waals surface area contributed by atoms with Gasteiger partial charge in [0.25, 0.3) is 5.91 Å². The van der Waals surface area contributed by atoms with Gasteiger partial charge in [0.15, 0.2) is 11.5 Å². The molecule has 11 heteroatoms. The van der Waals surface area contributed by atoms with Crippen LogP contribution in [0.1, 0.15) is 11.1 Å². The molecule has 0 radical (unpaired) electrons. The van der Waals surface area contributed by atoms with Crippen molar-refractivity contribution in [1.29, 1.82) is 0 Å². The molecule has 1 aliphatic heterocycles. The first-order valence-electron chi connectivity index (χ1n) is 10.5. The summed E-state index contributed by atoms with van der Waals surface area (Å²) < 4.78 is 48.4. The SMILES string of the molecule is COCCS(=O)(=O)Oc1ccc(C2(c3cccc(-c4cccnc4F)c3)N=C(N)N(C)C2=O)cc1. The van der Waals surface area contributed by atoms with Gasteiger partial charge < -0.3 is 14.7 Å². The maximum absolute atomic E-state index is 14.4. The number of carbonyl (C=O) groups excluding carboxylic acids is 1. The second-order valence-corrected chi connectivity index (χ2v) is 9.52. The Hall–Kier alpha value is -3.83. The molecular weight excluding hydrogens is 475 g/mol. The van der Waals surface area contributed by atoms with Gasteiger partial charge in [0.1, 0.15) is 11.5 Å². The van der Waals surface area contributed by atoms with Crippen LogP contribution in [0.4, 0.5) is 4.39 Å². The number of nitrogens with zero attached hydrogens (tertiary/aromatic N) is 3. The van der Waals surface area contributed by atoms with Crippen LogP contribution < -0.4 is 9.92 Å². The molecule has 3 aromatic rings. The van der Waals surface area contributed by atoms with Crippen molar-refractivity contribution < 1.29 is 26.5 Å². The third-order valence-electron chi connectivity index (χ3n) is 5.62. The number of hydrogen-bond acceptors (Lipinski definition) is 8. The highest BCUT2D eigenvalue weighted by atomic mass is 32.2. The minimum absolute atomic E-state index is 0.00771. The minimum Gasteiger partial charge on any atom is -0.383 e. The summed E-state index contributed by atoms with van der Waals surface area (Å²) in [4.78, 5) is 22.9. The first-order valence-corrected chi connectivity index (χ1v) is 12.1. The number of nitrogens with two attached hydrogens (primary N) is 1. The maximum Gasteiger partial charge on any atom is 0.311 e. The molecule has 35 heavy (non-hydrogen) atoms. The van der Waals surface area contributed by atoms with E-state index in [0.717, 1.165) is 0 Å². The smallest absolute Gasteiger partial charge is 0.311 e. The Balaban J connectivity index is 1.78. The molecular formula is C24H23FN4O5S. The Morgan fingerprint density at radius 1 is 1.09 bits per heavy atom. The summed E-state index contributed by atoms with van der Waals surface area (Å²) in [5, 5.41) is 0. The third-order valence-corrected chi connectivity index (χ3v) is 6.74. The van der Waals surface area contributed by atoms with E-state index in [9.17, 15) is 17.6 Å². The van der Waals surface area contributed by atoms with Crippen LogP contribution in [0.3, 0.4) is 0 Å². The topological polar surface area (TPSA) is 124 Å². The number of carbonyl (C=O) groups is 1. The van der Waals surface area contributed by atoms with Crippen molar-refractivity contribution in [3.63, 3.8) is 0 Å². The Morgan fingerprint density at radius 3 is 2.46 bits per heavy atom. The predicted octanol–water partition coefficient (Wildman–Crippen LogP) is 2.27. The Kier molecular flexibility index (Phi) is 6.55. The van der Waals surface area contributed by atoms with E-state index >= 15 is 0 Å². The van der Waals surface area contributed by atoms with Gasteiger partial charge in [-0.2, -0.15) is 12.8 Å². The predicted molar refractivity (Wildman–Crippen MR) is 128 cm³/mol. The van der Waals surface area contributed by atoms with Crippen molar-refractivity contribution in [3.05, 3.63) is 83.9 Å². The average molecular weight is 499 g/mol. The van der Waals surface area contributed by atoms with E-state index < -0.39 is 27.5 Å². The lowest BCUT2D eigenvalue weighted by Gasteiger charge is -2.26. The van der Waals surface area contributed by atoms with E-state index in [1.54, 1.807) is 48.5 Å². The zero-order valence-corrected chi connectivity index (χ0v) is 19.8. The van der Waals surface area contributed by atoms with Crippen molar-refractivity contribution in [2.75, 3.05) is 26.5 Å². The summed E-state index contributed by atoms with van der Waals surface area (Å²) >= 11 is 0. The fourth-order valence-corrected chi connectivity index (χ4v) is 4.68. The first-order chi connectivity index (χ1) is 16.7. The molecule has 2 aromatic carbocycles. The molecule has 182 valence electrons. The number of pyridine rings is 1. The van der Waals surface area contributed by atoms with E-state index in [-0.39, 0.29) is 29.6 Å². The minimum atomic E-state index is -3.85. The number of guanidine groups is 1. The van der Waals surface area contributed by atoms with Gasteiger partial charge in [0, 0.05) is 25.9 Å². The zero-order valence-electron chi connectivity index (χ0n) is 19.0. The van der Waals surface area contributed by atoms with E-state index in [0.29, 0.717) is 16.7 Å². The molecule has 0 saturated heterocycles. The lowest BCUT2D eigenvalue weighted by molar-refractivity contribution is -0.129. The van der Waals surface area contributed by atoms with Crippen LogP contribution in [-0.2, 0) is 25.2 Å². The highest BCUT2D eigenvalue weighted by molar-refractivity contribution is 7.87. The van der Waals surface area contributed by atoms with Crippen LogP contribution in [-0.4, -0.2) is 56.7 Å². The molecule has 9 nitrogen and oxygen atoms in total. The molecule has 2 N–H and O–H groups in total. The standard InChI is InChI=1S/C24H23FN4O5S/c1-29-22(30)24(28-23(29)26,17-8-10-19(11-9-17)34-35(31,32)14-13-33-2)18-6-3-5-16(15-18)20-7-4-12-27-21(20)25/h3-12,15H,13-14H2,1-2H3,(H2,26,28). The van der Waals surface area contributed by atoms with Gasteiger partial charge in [-0.15, -0.1) is 0 Å². The highest BCUT2D eigenvalue weighted by Crippen LogP contribution is 2.41. The summed E-state index contributed by atoms with van der Waals surface area (Å²) in [5.74, 6) is -1.29. The second-order valence-electron chi connectivity index (χ2n) is 7.83. The summed E-state index contributed by atoms with van der Waals surface area (Å²) in [6, 6.07) is 15.9. The van der Waals surface area contributed by atoms with Gasteiger partial charge in [-0.1, -0.05) is 30.3 Å². The Bertz CT molecular complexity index is 1400. The molecule has 4 rings (SSSR count). The number of aliphatic imine (C=N–C) groups is 1. The summed E-state index contributed by atoms with van der Waals surface area (Å²) in [6.07, 6.45) is 1.35. The van der Waals surface area contributed by atoms with Crippen molar-refractivity contribution in [3.8, 4) is 16.9 Å². The largest absolute Gasteiger partial charge is 0.383 e. The van der Waals surface area contributed by atoms with Crippen molar-refractivity contribution >= 4 is 22.0 Å². The van der Waals surface area contributed by atoms with E-state index in [4.69, 9.17) is 14.7 Å². The molecule has 0 fully saturated rings. The second kappa shape index (κ2) is 9.43. The summed E-state index contributed by atoms with van der Waals surface area (Å²) in [6.45, 7) is -0.00771. The number of hydrogen-bond donors (Lipinski definition) is 1. The number of amides is 1. The summed E-state index contributed by atoms with van der Waals surface area (Å²) in [5.41, 5.74) is 6.13. The molecule has 1 amide bonds. The lowest BCUT2D eigenvalue weighted by atomic mass is 9.81. The van der Waals surface area contributed by atoms with Crippen LogP contribution in [0, 0.1) is 5.95 Å². The number of aromatic nitrogens is 1. The number of benzene rings is 2. The fraction of sp³-hybridized carbons (Fsp3) is 0.208. The van der Waals surface area contributed by atoms with Gasteiger partial charge in [0.2, 0.25) is 5.95 Å². The van der Waals surface area contributed by atoms with E-state index in [2.05, 4.69) is 9.98 Å². The fourth-order valence-electron chi connectivity index (χ4n) is 3.82. The Labute approximate surface area is 202 Å². The average Bonchev–Trinajstić information content (AvgIpc) is 3.08. The number of rotatable bonds is 8. The molecule has 1 unspecified atom stereocenters. The molecule has 1 atom stereocenters. The van der Waals surface area contributed by atoms with Gasteiger partial charge >= 0.3 is 10.1 Å². The quantitative estimate of drug-likeness (QED) is 0.373. The lowest BCUT2D eigenvalue weighted by Crippen LogP contribution is -2.41. The van der Waals surface area contributed by atoms with Crippen LogP contribution in [0.5, 0.6) is 5.75 Å². The maximum atomic E-state index is 14.4. The summed E-state index contributed by atoms with van der Waals surface area (Å²) in [7, 11) is -0.954. The Morgan fingerprint density at radius 2 is 1.83 bits per heavy atom. The molecule has 1 aromatic heterocycles. The molecule has 0 aliphatic carbocycles. The number of likely N-dealkylation sites (N-methyl/N-ethyl adjacent to an activating group) is 1. The molecule has 1 aliphatic rings. The molecule has 0 bridgehead atoms. The molecule has 0 spiro atoms. The van der Waals surface area contributed by atoms with Crippen LogP contribution in [0.25, 0.3) is 11.1 Å². The van der Waals surface area contributed by atoms with Gasteiger partial charge in [0.05, 0.1) is 6.61 Å². The zero-order chi connectivity index (χ0) is 25.2. The first kappa shape index (κ1) is 24.3. The number of ether oxygens (including phenoxy) is 1. The number of methoxy groups -OCH3 is 1. The van der Waals surface area contributed by atoms with E-state index in [1.807, 2.05) is 0 Å². The highest BCUT2D eigenvalue weighted by Gasteiger charge is 2.49. The van der Waals surface area contributed by atoms with Crippen molar-refractivity contribution in [2.24, 2.45) is 10.7 Å². The van der Waals surface area contributed by atoms with Crippen LogP contribution >= 0.6 is 0 Å². The monoisotopic (exact) mass is 498 g/mol. The molecule has 0 saturated carbocycles. The van der Waals surface area contributed by atoms with Crippen LogP contribution in [0.2, 0.25) is 0 Å². The van der Waals surface area contributed by atoms with E-state index in [1.165, 1.54) is 37.4 Å².